The highest BCUT2D eigenvalue weighted by Crippen LogP contribution is 2.12. The summed E-state index contributed by atoms with van der Waals surface area (Å²) in [7, 11) is 0. The third kappa shape index (κ3) is 3.42. The van der Waals surface area contributed by atoms with E-state index in [2.05, 4.69) is 4.99 Å². The van der Waals surface area contributed by atoms with Gasteiger partial charge in [0.1, 0.15) is 0 Å². The van der Waals surface area contributed by atoms with E-state index in [1.165, 1.54) is 0 Å². The summed E-state index contributed by atoms with van der Waals surface area (Å²) in [5.74, 6) is 0.0507. The van der Waals surface area contributed by atoms with Crippen LogP contribution in [0.5, 0.6) is 0 Å². The molecule has 0 aromatic heterocycles. The number of anilines is 1. The molecule has 1 rings (SSSR count). The van der Waals surface area contributed by atoms with Gasteiger partial charge in [-0.15, -0.1) is 24.0 Å². The Morgan fingerprint density at radius 1 is 1.08 bits per heavy atom. The first-order chi connectivity index (χ1) is 5.18. The number of nitrogens with zero attached hydrogens (tertiary/aromatic N) is 1. The van der Waals surface area contributed by atoms with Crippen LogP contribution in [0.2, 0.25) is 0 Å². The van der Waals surface area contributed by atoms with Crippen molar-refractivity contribution in [2.24, 2.45) is 16.5 Å². The summed E-state index contributed by atoms with van der Waals surface area (Å²) < 4.78 is 0. The zero-order valence-electron chi connectivity index (χ0n) is 6.40. The van der Waals surface area contributed by atoms with Gasteiger partial charge < -0.3 is 17.2 Å². The lowest BCUT2D eigenvalue weighted by Crippen LogP contribution is -2.21. The van der Waals surface area contributed by atoms with Gasteiger partial charge in [0.2, 0.25) is 0 Å². The van der Waals surface area contributed by atoms with Crippen LogP contribution < -0.4 is 17.2 Å². The molecular weight excluding hydrogens is 267 g/mol. The summed E-state index contributed by atoms with van der Waals surface area (Å²) in [5, 5.41) is 0. The van der Waals surface area contributed by atoms with Crippen LogP contribution >= 0.6 is 24.0 Å². The fourth-order valence-electron chi connectivity index (χ4n) is 0.698. The Bertz CT molecular complexity index is 263. The van der Waals surface area contributed by atoms with Crippen LogP contribution in [-0.4, -0.2) is 5.96 Å². The Morgan fingerprint density at radius 2 is 1.58 bits per heavy atom. The monoisotopic (exact) mass is 278 g/mol. The van der Waals surface area contributed by atoms with Crippen LogP contribution in [0.1, 0.15) is 0 Å². The van der Waals surface area contributed by atoms with Gasteiger partial charge in [-0.2, -0.15) is 0 Å². The highest BCUT2D eigenvalue weighted by molar-refractivity contribution is 14.0. The van der Waals surface area contributed by atoms with Crippen LogP contribution in [0.15, 0.2) is 29.3 Å². The molecule has 0 saturated carbocycles. The zero-order chi connectivity index (χ0) is 8.27. The van der Waals surface area contributed by atoms with Crippen molar-refractivity contribution < 1.29 is 0 Å². The van der Waals surface area contributed by atoms with Crippen molar-refractivity contribution in [1.82, 2.24) is 0 Å². The second kappa shape index (κ2) is 4.81. The van der Waals surface area contributed by atoms with Gasteiger partial charge in [-0.3, -0.25) is 0 Å². The number of aliphatic imine (C=N–C) groups is 1. The third-order valence-corrected chi connectivity index (χ3v) is 1.15. The SMILES string of the molecule is I.NC(N)=Nc1ccc(N)cc1. The minimum absolute atomic E-state index is 0. The molecule has 0 atom stereocenters. The van der Waals surface area contributed by atoms with Gasteiger partial charge in [-0.05, 0) is 24.3 Å². The van der Waals surface area contributed by atoms with Crippen LogP contribution in [0, 0.1) is 0 Å². The molecule has 0 heterocycles. The van der Waals surface area contributed by atoms with Crippen LogP contribution in [0.25, 0.3) is 0 Å². The molecule has 6 N–H and O–H groups in total. The molecule has 66 valence electrons. The normalized spacial score (nSPS) is 8.33. The fraction of sp³-hybridized carbons (Fsp3) is 0. The van der Waals surface area contributed by atoms with Crippen molar-refractivity contribution in [1.29, 1.82) is 0 Å². The molecule has 0 unspecified atom stereocenters. The highest BCUT2D eigenvalue weighted by atomic mass is 127. The number of nitrogen functional groups attached to an aromatic ring is 1. The molecule has 0 aliphatic carbocycles. The molecule has 0 spiro atoms. The van der Waals surface area contributed by atoms with Gasteiger partial charge in [0.25, 0.3) is 0 Å². The van der Waals surface area contributed by atoms with Crippen molar-refractivity contribution in [2.75, 3.05) is 5.73 Å². The molecule has 0 fully saturated rings. The molecule has 5 heteroatoms. The minimum atomic E-state index is 0. The third-order valence-electron chi connectivity index (χ3n) is 1.15. The summed E-state index contributed by atoms with van der Waals surface area (Å²) >= 11 is 0. The molecular formula is C7H11IN4. The minimum Gasteiger partial charge on any atom is -0.399 e. The van der Waals surface area contributed by atoms with Gasteiger partial charge in [-0.1, -0.05) is 0 Å². The maximum atomic E-state index is 5.45. The molecule has 0 bridgehead atoms. The Morgan fingerprint density at radius 3 is 2.00 bits per heavy atom. The van der Waals surface area contributed by atoms with Crippen molar-refractivity contribution in [2.45, 2.75) is 0 Å². The van der Waals surface area contributed by atoms with E-state index in [-0.39, 0.29) is 29.9 Å². The first-order valence-corrected chi connectivity index (χ1v) is 3.13. The number of hydrogen-bond acceptors (Lipinski definition) is 2. The molecule has 0 aliphatic heterocycles. The molecule has 0 saturated heterocycles. The predicted molar refractivity (Wildman–Crippen MR) is 61.7 cm³/mol. The second-order valence-corrected chi connectivity index (χ2v) is 2.13. The van der Waals surface area contributed by atoms with Gasteiger partial charge >= 0.3 is 0 Å². The first kappa shape index (κ1) is 11.0. The largest absolute Gasteiger partial charge is 0.399 e. The lowest BCUT2D eigenvalue weighted by atomic mass is 10.3. The number of rotatable bonds is 1. The first-order valence-electron chi connectivity index (χ1n) is 3.13. The summed E-state index contributed by atoms with van der Waals surface area (Å²) in [6, 6.07) is 6.97. The summed E-state index contributed by atoms with van der Waals surface area (Å²) in [6.07, 6.45) is 0. The zero-order valence-corrected chi connectivity index (χ0v) is 8.73. The molecule has 1 aromatic carbocycles. The van der Waals surface area contributed by atoms with E-state index in [9.17, 15) is 0 Å². The van der Waals surface area contributed by atoms with Crippen molar-refractivity contribution in [3.8, 4) is 0 Å². The average Bonchev–Trinajstić information content (AvgIpc) is 1.93. The standard InChI is InChI=1S/C7H10N4.HI/c8-5-1-3-6(4-2-5)11-7(9)10;/h1-4H,8H2,(H4,9,10,11);1H. The Balaban J connectivity index is 0.00000121. The highest BCUT2D eigenvalue weighted by Gasteiger charge is 1.87. The number of guanidine groups is 1. The van der Waals surface area contributed by atoms with Crippen LogP contribution in [0.3, 0.4) is 0 Å². The fourth-order valence-corrected chi connectivity index (χ4v) is 0.698. The van der Waals surface area contributed by atoms with Gasteiger partial charge in [0, 0.05) is 5.69 Å². The van der Waals surface area contributed by atoms with Crippen molar-refractivity contribution in [3.63, 3.8) is 0 Å². The topological polar surface area (TPSA) is 90.4 Å². The maximum Gasteiger partial charge on any atom is 0.191 e. The van der Waals surface area contributed by atoms with E-state index >= 15 is 0 Å². The number of halogens is 1. The quantitative estimate of drug-likeness (QED) is 0.307. The molecule has 0 amide bonds. The lowest BCUT2D eigenvalue weighted by molar-refractivity contribution is 1.42. The Kier molecular flexibility index (Phi) is 4.42. The molecule has 12 heavy (non-hydrogen) atoms. The van der Waals surface area contributed by atoms with Gasteiger partial charge in [-0.25, -0.2) is 4.99 Å². The van der Waals surface area contributed by atoms with E-state index in [1.807, 2.05) is 0 Å². The summed E-state index contributed by atoms with van der Waals surface area (Å²) in [4.78, 5) is 3.82. The predicted octanol–water partition coefficient (Wildman–Crippen LogP) is 0.792. The Hall–Kier alpha value is -0.980. The maximum absolute atomic E-state index is 5.45. The average molecular weight is 278 g/mol. The molecule has 1 aromatic rings. The second-order valence-electron chi connectivity index (χ2n) is 2.13. The van der Waals surface area contributed by atoms with Gasteiger partial charge in [0.05, 0.1) is 5.69 Å². The summed E-state index contributed by atoms with van der Waals surface area (Å²) in [6.45, 7) is 0. The van der Waals surface area contributed by atoms with Crippen molar-refractivity contribution in [3.05, 3.63) is 24.3 Å². The van der Waals surface area contributed by atoms with E-state index < -0.39 is 0 Å². The summed E-state index contributed by atoms with van der Waals surface area (Å²) in [5.41, 5.74) is 17.2. The Labute approximate surface area is 87.9 Å². The molecule has 4 nitrogen and oxygen atoms in total. The van der Waals surface area contributed by atoms with Crippen molar-refractivity contribution >= 4 is 41.3 Å². The molecule has 0 aliphatic rings. The number of nitrogens with two attached hydrogens (primary N) is 3. The lowest BCUT2D eigenvalue weighted by Gasteiger charge is -1.94. The van der Waals surface area contributed by atoms with Crippen LogP contribution in [-0.2, 0) is 0 Å². The number of benzene rings is 1. The van der Waals surface area contributed by atoms with E-state index in [4.69, 9.17) is 17.2 Å². The van der Waals surface area contributed by atoms with Gasteiger partial charge in [0.15, 0.2) is 5.96 Å². The van der Waals surface area contributed by atoms with Crippen LogP contribution in [0.4, 0.5) is 11.4 Å². The van der Waals surface area contributed by atoms with E-state index in [0.29, 0.717) is 11.4 Å². The van der Waals surface area contributed by atoms with E-state index in [1.54, 1.807) is 24.3 Å². The number of hydrogen-bond donors (Lipinski definition) is 3. The van der Waals surface area contributed by atoms with E-state index in [0.717, 1.165) is 0 Å². The molecule has 0 radical (unpaired) electrons. The smallest absolute Gasteiger partial charge is 0.191 e.